The number of nitrogens with two attached hydrogens (primary N) is 1. The van der Waals surface area contributed by atoms with Crippen LogP contribution in [0.3, 0.4) is 0 Å². The lowest BCUT2D eigenvalue weighted by molar-refractivity contribution is -0.138. The number of benzene rings is 1. The van der Waals surface area contributed by atoms with E-state index < -0.39 is 12.0 Å². The van der Waals surface area contributed by atoms with Crippen LogP contribution in [0.15, 0.2) is 22.7 Å². The predicted octanol–water partition coefficient (Wildman–Crippen LogP) is 1.41. The van der Waals surface area contributed by atoms with Crippen molar-refractivity contribution in [1.29, 1.82) is 5.26 Å². The van der Waals surface area contributed by atoms with Gasteiger partial charge in [-0.3, -0.25) is 4.79 Å². The van der Waals surface area contributed by atoms with E-state index in [1.807, 2.05) is 6.07 Å². The van der Waals surface area contributed by atoms with Crippen molar-refractivity contribution in [2.45, 2.75) is 6.04 Å². The Labute approximate surface area is 89.1 Å². The third-order valence-corrected chi connectivity index (χ3v) is 2.39. The number of nitriles is 1. The molecule has 0 aliphatic carbocycles. The molecule has 14 heavy (non-hydrogen) atoms. The second kappa shape index (κ2) is 4.22. The molecule has 0 aromatic heterocycles. The summed E-state index contributed by atoms with van der Waals surface area (Å²) >= 11 is 3.15. The van der Waals surface area contributed by atoms with Gasteiger partial charge in [0.25, 0.3) is 0 Å². The first-order valence-electron chi connectivity index (χ1n) is 3.74. The highest BCUT2D eigenvalue weighted by atomic mass is 79.9. The van der Waals surface area contributed by atoms with E-state index >= 15 is 0 Å². The summed E-state index contributed by atoms with van der Waals surface area (Å²) in [5, 5.41) is 17.3. The van der Waals surface area contributed by atoms with E-state index in [1.54, 1.807) is 0 Å². The number of hydrogen-bond acceptors (Lipinski definition) is 3. The molecule has 0 heterocycles. The normalized spacial score (nSPS) is 11.8. The highest BCUT2D eigenvalue weighted by Crippen LogP contribution is 2.20. The summed E-state index contributed by atoms with van der Waals surface area (Å²) in [5.41, 5.74) is 6.31. The fourth-order valence-corrected chi connectivity index (χ4v) is 1.44. The number of carbonyl (C=O) groups is 1. The molecule has 0 amide bonds. The molecule has 0 saturated heterocycles. The molecule has 0 unspecified atom stereocenters. The molecule has 0 saturated carbocycles. The number of carboxylic acids is 1. The Hall–Kier alpha value is -1.38. The van der Waals surface area contributed by atoms with E-state index in [1.165, 1.54) is 18.2 Å². The number of carboxylic acid groups (broad SMARTS) is 1. The summed E-state index contributed by atoms with van der Waals surface area (Å²) < 4.78 is 0.550. The molecule has 0 spiro atoms. The summed E-state index contributed by atoms with van der Waals surface area (Å²) in [6.45, 7) is 0. The van der Waals surface area contributed by atoms with Crippen LogP contribution in [0.5, 0.6) is 0 Å². The lowest BCUT2D eigenvalue weighted by atomic mass is 10.1. The zero-order chi connectivity index (χ0) is 10.7. The molecule has 1 atom stereocenters. The molecule has 0 fully saturated rings. The summed E-state index contributed by atoms with van der Waals surface area (Å²) in [6, 6.07) is 5.50. The van der Waals surface area contributed by atoms with Crippen LogP contribution in [0.1, 0.15) is 17.2 Å². The Morgan fingerprint density at radius 1 is 1.64 bits per heavy atom. The molecule has 1 aromatic rings. The van der Waals surface area contributed by atoms with Gasteiger partial charge in [-0.05, 0) is 33.6 Å². The minimum atomic E-state index is -1.10. The Balaban J connectivity index is 3.10. The average molecular weight is 255 g/mol. The van der Waals surface area contributed by atoms with E-state index in [9.17, 15) is 4.79 Å². The van der Waals surface area contributed by atoms with Crippen molar-refractivity contribution in [2.24, 2.45) is 5.73 Å². The van der Waals surface area contributed by atoms with Crippen LogP contribution in [-0.2, 0) is 4.79 Å². The van der Waals surface area contributed by atoms with Crippen molar-refractivity contribution in [3.05, 3.63) is 33.8 Å². The van der Waals surface area contributed by atoms with Crippen molar-refractivity contribution in [3.8, 4) is 6.07 Å². The van der Waals surface area contributed by atoms with Gasteiger partial charge in [-0.1, -0.05) is 6.07 Å². The topological polar surface area (TPSA) is 87.1 Å². The molecular formula is C9H7BrN2O2. The maximum absolute atomic E-state index is 10.6. The molecular weight excluding hydrogens is 248 g/mol. The lowest BCUT2D eigenvalue weighted by Gasteiger charge is -2.07. The molecule has 1 rings (SSSR count). The first-order valence-corrected chi connectivity index (χ1v) is 4.53. The summed E-state index contributed by atoms with van der Waals surface area (Å²) in [7, 11) is 0. The Morgan fingerprint density at radius 2 is 2.29 bits per heavy atom. The van der Waals surface area contributed by atoms with Crippen molar-refractivity contribution in [1.82, 2.24) is 0 Å². The number of aliphatic carboxylic acids is 1. The van der Waals surface area contributed by atoms with Gasteiger partial charge in [0.2, 0.25) is 0 Å². The minimum Gasteiger partial charge on any atom is -0.480 e. The summed E-state index contributed by atoms with van der Waals surface area (Å²) in [5.74, 6) is -1.10. The number of halogens is 1. The molecule has 72 valence electrons. The molecule has 0 radical (unpaired) electrons. The average Bonchev–Trinajstić information content (AvgIpc) is 2.16. The fourth-order valence-electron chi connectivity index (χ4n) is 0.958. The third kappa shape index (κ3) is 2.10. The van der Waals surface area contributed by atoms with Gasteiger partial charge in [-0.25, -0.2) is 0 Å². The number of rotatable bonds is 2. The van der Waals surface area contributed by atoms with Gasteiger partial charge in [0.1, 0.15) is 12.1 Å². The first-order chi connectivity index (χ1) is 6.56. The van der Waals surface area contributed by atoms with Crippen molar-refractivity contribution in [2.75, 3.05) is 0 Å². The Kier molecular flexibility index (Phi) is 3.23. The van der Waals surface area contributed by atoms with Crippen LogP contribution in [0.2, 0.25) is 0 Å². The lowest BCUT2D eigenvalue weighted by Crippen LogP contribution is -2.20. The number of nitrogens with zero attached hydrogens (tertiary/aromatic N) is 1. The summed E-state index contributed by atoms with van der Waals surface area (Å²) in [6.07, 6.45) is 0. The highest BCUT2D eigenvalue weighted by molar-refractivity contribution is 9.10. The highest BCUT2D eigenvalue weighted by Gasteiger charge is 2.14. The maximum Gasteiger partial charge on any atom is 0.325 e. The van der Waals surface area contributed by atoms with Crippen LogP contribution in [-0.4, -0.2) is 11.1 Å². The van der Waals surface area contributed by atoms with Crippen molar-refractivity contribution < 1.29 is 9.90 Å². The van der Waals surface area contributed by atoms with Crippen LogP contribution in [0.4, 0.5) is 0 Å². The van der Waals surface area contributed by atoms with Gasteiger partial charge in [0.15, 0.2) is 0 Å². The van der Waals surface area contributed by atoms with Crippen LogP contribution >= 0.6 is 15.9 Å². The predicted molar refractivity (Wildman–Crippen MR) is 53.4 cm³/mol. The fraction of sp³-hybridized carbons (Fsp3) is 0.111. The minimum absolute atomic E-state index is 0.450. The monoisotopic (exact) mass is 254 g/mol. The van der Waals surface area contributed by atoms with E-state index in [4.69, 9.17) is 16.1 Å². The van der Waals surface area contributed by atoms with Crippen LogP contribution in [0.25, 0.3) is 0 Å². The first kappa shape index (κ1) is 10.7. The quantitative estimate of drug-likeness (QED) is 0.836. The molecule has 0 aliphatic rings. The Morgan fingerprint density at radius 3 is 2.71 bits per heavy atom. The van der Waals surface area contributed by atoms with Crippen LogP contribution in [0, 0.1) is 11.3 Å². The van der Waals surface area contributed by atoms with Crippen LogP contribution < -0.4 is 5.73 Å². The molecule has 3 N–H and O–H groups in total. The SMILES string of the molecule is N#Cc1ccc([C@@H](N)C(=O)O)cc1Br. The number of hydrogen-bond donors (Lipinski definition) is 2. The molecule has 1 aromatic carbocycles. The van der Waals surface area contributed by atoms with Crippen molar-refractivity contribution >= 4 is 21.9 Å². The molecule has 0 aliphatic heterocycles. The van der Waals surface area contributed by atoms with E-state index in [-0.39, 0.29) is 0 Å². The van der Waals surface area contributed by atoms with Gasteiger partial charge in [-0.2, -0.15) is 5.26 Å². The Bertz CT molecular complexity index is 412. The van der Waals surface area contributed by atoms with Gasteiger partial charge in [0.05, 0.1) is 5.56 Å². The van der Waals surface area contributed by atoms with E-state index in [0.29, 0.717) is 15.6 Å². The van der Waals surface area contributed by atoms with E-state index in [2.05, 4.69) is 15.9 Å². The zero-order valence-electron chi connectivity index (χ0n) is 7.07. The van der Waals surface area contributed by atoms with Gasteiger partial charge >= 0.3 is 5.97 Å². The van der Waals surface area contributed by atoms with Crippen molar-refractivity contribution in [3.63, 3.8) is 0 Å². The molecule has 4 nitrogen and oxygen atoms in total. The second-order valence-electron chi connectivity index (χ2n) is 2.67. The molecule has 0 bridgehead atoms. The van der Waals surface area contributed by atoms with E-state index in [0.717, 1.165) is 0 Å². The van der Waals surface area contributed by atoms with Gasteiger partial charge in [0, 0.05) is 4.47 Å². The largest absolute Gasteiger partial charge is 0.480 e. The van der Waals surface area contributed by atoms with Gasteiger partial charge in [-0.15, -0.1) is 0 Å². The zero-order valence-corrected chi connectivity index (χ0v) is 8.65. The smallest absolute Gasteiger partial charge is 0.325 e. The maximum atomic E-state index is 10.6. The summed E-state index contributed by atoms with van der Waals surface area (Å²) in [4.78, 5) is 10.6. The molecule has 5 heteroatoms. The third-order valence-electron chi connectivity index (χ3n) is 1.74. The second-order valence-corrected chi connectivity index (χ2v) is 3.52. The van der Waals surface area contributed by atoms with Gasteiger partial charge < -0.3 is 10.8 Å². The standard InChI is InChI=1S/C9H7BrN2O2/c10-7-3-5(8(12)9(13)14)1-2-6(7)4-11/h1-3,8H,12H2,(H,13,14)/t8-/m1/s1.